The van der Waals surface area contributed by atoms with Gasteiger partial charge in [-0.3, -0.25) is 14.5 Å². The quantitative estimate of drug-likeness (QED) is 0.411. The first-order chi connectivity index (χ1) is 16.0. The molecule has 0 bridgehead atoms. The van der Waals surface area contributed by atoms with Gasteiger partial charge in [0.25, 0.3) is 15.9 Å². The Morgan fingerprint density at radius 3 is 2.45 bits per heavy atom. The lowest BCUT2D eigenvalue weighted by atomic mass is 10.1. The molecule has 0 aliphatic heterocycles. The second-order valence-electron chi connectivity index (χ2n) is 7.37. The second-order valence-corrected chi connectivity index (χ2v) is 9.03. The Labute approximate surface area is 192 Å². The molecule has 3 aromatic carbocycles. The fraction of sp³-hybridized carbons (Fsp3) is 0.120. The number of nitrogens with one attached hydrogen (secondary N) is 2. The van der Waals surface area contributed by atoms with Crippen molar-refractivity contribution in [3.05, 3.63) is 102 Å². The molecule has 33 heavy (non-hydrogen) atoms. The van der Waals surface area contributed by atoms with Gasteiger partial charge in [0.1, 0.15) is 4.90 Å². The molecule has 8 heteroatoms. The number of methoxy groups -OCH3 is 1. The van der Waals surface area contributed by atoms with Crippen molar-refractivity contribution in [2.75, 3.05) is 18.4 Å². The van der Waals surface area contributed by atoms with Crippen LogP contribution in [0.25, 0.3) is 10.9 Å². The molecule has 0 saturated carbocycles. The van der Waals surface area contributed by atoms with Gasteiger partial charge in [-0.05, 0) is 29.8 Å². The van der Waals surface area contributed by atoms with Crippen molar-refractivity contribution < 1.29 is 17.9 Å². The number of ether oxygens (including phenoxy) is 1. The maximum atomic E-state index is 13.2. The highest BCUT2D eigenvalue weighted by molar-refractivity contribution is 7.93. The molecule has 4 aromatic rings. The van der Waals surface area contributed by atoms with Crippen LogP contribution in [-0.4, -0.2) is 33.0 Å². The highest BCUT2D eigenvalue weighted by Gasteiger charge is 2.23. The fourth-order valence-corrected chi connectivity index (χ4v) is 4.83. The SMILES string of the molecule is COCC(NC(=O)c1ccccc1NS(=O)(=O)c1cccc2cccnc12)c1ccccc1. The van der Waals surface area contributed by atoms with Crippen LogP contribution >= 0.6 is 0 Å². The number of anilines is 1. The van der Waals surface area contributed by atoms with Gasteiger partial charge in [-0.15, -0.1) is 0 Å². The monoisotopic (exact) mass is 461 g/mol. The summed E-state index contributed by atoms with van der Waals surface area (Å²) in [4.78, 5) is 17.4. The summed E-state index contributed by atoms with van der Waals surface area (Å²) in [5.41, 5.74) is 1.62. The summed E-state index contributed by atoms with van der Waals surface area (Å²) >= 11 is 0. The number of rotatable bonds is 8. The molecule has 0 aliphatic rings. The lowest BCUT2D eigenvalue weighted by molar-refractivity contribution is 0.0897. The minimum Gasteiger partial charge on any atom is -0.382 e. The Kier molecular flexibility index (Phi) is 6.67. The van der Waals surface area contributed by atoms with Gasteiger partial charge >= 0.3 is 0 Å². The van der Waals surface area contributed by atoms with E-state index in [1.807, 2.05) is 30.3 Å². The molecule has 0 spiro atoms. The Morgan fingerprint density at radius 2 is 1.67 bits per heavy atom. The summed E-state index contributed by atoms with van der Waals surface area (Å²) < 4.78 is 34.3. The van der Waals surface area contributed by atoms with E-state index in [1.165, 1.54) is 6.07 Å². The third-order valence-electron chi connectivity index (χ3n) is 5.14. The van der Waals surface area contributed by atoms with Crippen molar-refractivity contribution in [1.82, 2.24) is 10.3 Å². The molecule has 4 rings (SSSR count). The molecule has 1 heterocycles. The third-order valence-corrected chi connectivity index (χ3v) is 6.54. The van der Waals surface area contributed by atoms with Crippen molar-refractivity contribution in [1.29, 1.82) is 0 Å². The summed E-state index contributed by atoms with van der Waals surface area (Å²) in [6.07, 6.45) is 1.54. The highest BCUT2D eigenvalue weighted by atomic mass is 32.2. The number of hydrogen-bond donors (Lipinski definition) is 2. The van der Waals surface area contributed by atoms with Crippen LogP contribution in [0.2, 0.25) is 0 Å². The van der Waals surface area contributed by atoms with E-state index < -0.39 is 22.0 Å². The molecular weight excluding hydrogens is 438 g/mol. The number of carbonyl (C=O) groups is 1. The first-order valence-corrected chi connectivity index (χ1v) is 11.8. The van der Waals surface area contributed by atoms with Gasteiger partial charge in [0, 0.05) is 18.7 Å². The summed E-state index contributed by atoms with van der Waals surface area (Å²) in [6, 6.07) is 24.0. The first-order valence-electron chi connectivity index (χ1n) is 10.3. The zero-order chi connectivity index (χ0) is 23.3. The standard InChI is InChI=1S/C25H23N3O4S/c1-32-17-22(18-9-3-2-4-10-18)27-25(29)20-13-5-6-14-21(20)28-33(30,31)23-15-7-11-19-12-8-16-26-24(19)23/h2-16,22,28H,17H2,1H3,(H,27,29). The van der Waals surface area contributed by atoms with Crippen molar-refractivity contribution in [3.63, 3.8) is 0 Å². The molecule has 1 aromatic heterocycles. The molecule has 0 aliphatic carbocycles. The summed E-state index contributed by atoms with van der Waals surface area (Å²) in [7, 11) is -2.45. The molecular formula is C25H23N3O4S. The van der Waals surface area contributed by atoms with E-state index in [4.69, 9.17) is 4.74 Å². The van der Waals surface area contributed by atoms with Gasteiger partial charge in [-0.2, -0.15) is 0 Å². The number of benzene rings is 3. The fourth-order valence-electron chi connectivity index (χ4n) is 3.57. The molecule has 1 unspecified atom stereocenters. The minimum atomic E-state index is -4.00. The van der Waals surface area contributed by atoms with Crippen LogP contribution in [-0.2, 0) is 14.8 Å². The van der Waals surface area contributed by atoms with Gasteiger partial charge in [0.2, 0.25) is 0 Å². The zero-order valence-corrected chi connectivity index (χ0v) is 18.7. The number of carbonyl (C=O) groups excluding carboxylic acids is 1. The number of fused-ring (bicyclic) bond motifs is 1. The normalized spacial score (nSPS) is 12.3. The predicted molar refractivity (Wildman–Crippen MR) is 128 cm³/mol. The van der Waals surface area contributed by atoms with E-state index in [0.29, 0.717) is 10.9 Å². The Morgan fingerprint density at radius 1 is 0.939 bits per heavy atom. The number of sulfonamides is 1. The number of aromatic nitrogens is 1. The van der Waals surface area contributed by atoms with Crippen LogP contribution in [0.1, 0.15) is 22.0 Å². The molecule has 1 atom stereocenters. The summed E-state index contributed by atoms with van der Waals surface area (Å²) in [6.45, 7) is 0.269. The Hall–Kier alpha value is -3.75. The van der Waals surface area contributed by atoms with Crippen LogP contribution in [0.5, 0.6) is 0 Å². The van der Waals surface area contributed by atoms with Crippen molar-refractivity contribution in [2.45, 2.75) is 10.9 Å². The van der Waals surface area contributed by atoms with Gasteiger partial charge in [-0.25, -0.2) is 8.42 Å². The molecule has 7 nitrogen and oxygen atoms in total. The van der Waals surface area contributed by atoms with Crippen LogP contribution in [0, 0.1) is 0 Å². The van der Waals surface area contributed by atoms with Crippen LogP contribution < -0.4 is 10.0 Å². The van der Waals surface area contributed by atoms with Crippen molar-refractivity contribution in [2.24, 2.45) is 0 Å². The summed E-state index contributed by atoms with van der Waals surface area (Å²) in [5, 5.41) is 3.64. The van der Waals surface area contributed by atoms with E-state index in [-0.39, 0.29) is 22.8 Å². The van der Waals surface area contributed by atoms with E-state index >= 15 is 0 Å². The maximum Gasteiger partial charge on any atom is 0.264 e. The van der Waals surface area contributed by atoms with Gasteiger partial charge in [0.05, 0.1) is 29.4 Å². The smallest absolute Gasteiger partial charge is 0.264 e. The third kappa shape index (κ3) is 5.02. The number of nitrogens with zero attached hydrogens (tertiary/aromatic N) is 1. The van der Waals surface area contributed by atoms with Crippen LogP contribution in [0.15, 0.2) is 96.0 Å². The second kappa shape index (κ2) is 9.81. The molecule has 0 radical (unpaired) electrons. The lowest BCUT2D eigenvalue weighted by Crippen LogP contribution is -2.32. The number of amides is 1. The number of pyridine rings is 1. The van der Waals surface area contributed by atoms with E-state index in [9.17, 15) is 13.2 Å². The Bertz CT molecular complexity index is 1370. The number of hydrogen-bond acceptors (Lipinski definition) is 5. The van der Waals surface area contributed by atoms with Crippen LogP contribution in [0.3, 0.4) is 0 Å². The largest absolute Gasteiger partial charge is 0.382 e. The molecule has 0 saturated heterocycles. The Balaban J connectivity index is 1.64. The molecule has 1 amide bonds. The molecule has 2 N–H and O–H groups in total. The van der Waals surface area contributed by atoms with E-state index in [2.05, 4.69) is 15.0 Å². The van der Waals surface area contributed by atoms with Gasteiger partial charge in [0.15, 0.2) is 0 Å². The van der Waals surface area contributed by atoms with Crippen LogP contribution in [0.4, 0.5) is 5.69 Å². The minimum absolute atomic E-state index is 0.0392. The van der Waals surface area contributed by atoms with Crippen molar-refractivity contribution in [3.8, 4) is 0 Å². The summed E-state index contributed by atoms with van der Waals surface area (Å²) in [5.74, 6) is -0.421. The van der Waals surface area contributed by atoms with E-state index in [1.54, 1.807) is 61.8 Å². The molecule has 168 valence electrons. The van der Waals surface area contributed by atoms with E-state index in [0.717, 1.165) is 5.56 Å². The average molecular weight is 462 g/mol. The predicted octanol–water partition coefficient (Wildman–Crippen LogP) is 4.15. The highest BCUT2D eigenvalue weighted by Crippen LogP contribution is 2.25. The van der Waals surface area contributed by atoms with Gasteiger partial charge < -0.3 is 10.1 Å². The lowest BCUT2D eigenvalue weighted by Gasteiger charge is -2.20. The van der Waals surface area contributed by atoms with Crippen molar-refractivity contribution >= 4 is 32.5 Å². The zero-order valence-electron chi connectivity index (χ0n) is 17.9. The molecule has 0 fully saturated rings. The number of para-hydroxylation sites is 2. The maximum absolute atomic E-state index is 13.2. The first kappa shape index (κ1) is 22.4. The topological polar surface area (TPSA) is 97.4 Å². The van der Waals surface area contributed by atoms with Gasteiger partial charge in [-0.1, -0.05) is 60.7 Å². The average Bonchev–Trinajstić information content (AvgIpc) is 2.84.